The van der Waals surface area contributed by atoms with Crippen LogP contribution in [0.25, 0.3) is 11.4 Å². The lowest BCUT2D eigenvalue weighted by atomic mass is 9.96. The number of hydrogen-bond donors (Lipinski definition) is 1. The summed E-state index contributed by atoms with van der Waals surface area (Å²) in [6.07, 6.45) is 3.10. The molecular formula is C16H22N4O2S. The average molecular weight is 334 g/mol. The molecule has 2 aromatic rings. The summed E-state index contributed by atoms with van der Waals surface area (Å²) in [5.74, 6) is 2.00. The highest BCUT2D eigenvalue weighted by Gasteiger charge is 2.22. The molecule has 1 saturated heterocycles. The standard InChI is InChI=1S/C16H22N4O2S/c1-17-10-12-4-7-20(8-5-12)15(21)3-2-14-18-16(19-22-14)13-6-9-23-11-13/h6,9,11-12,17H,2-5,7-8,10H2,1H3. The summed E-state index contributed by atoms with van der Waals surface area (Å²) in [7, 11) is 1.98. The van der Waals surface area contributed by atoms with E-state index in [0.29, 0.717) is 30.5 Å². The van der Waals surface area contributed by atoms with Crippen LogP contribution in [-0.4, -0.2) is 47.6 Å². The second-order valence-electron chi connectivity index (χ2n) is 5.91. The van der Waals surface area contributed by atoms with Gasteiger partial charge in [-0.05, 0) is 43.8 Å². The van der Waals surface area contributed by atoms with Gasteiger partial charge in [-0.2, -0.15) is 16.3 Å². The van der Waals surface area contributed by atoms with Crippen molar-refractivity contribution >= 4 is 17.2 Å². The molecule has 0 saturated carbocycles. The lowest BCUT2D eigenvalue weighted by molar-refractivity contribution is -0.132. The molecule has 0 aromatic carbocycles. The zero-order valence-corrected chi connectivity index (χ0v) is 14.1. The van der Waals surface area contributed by atoms with Gasteiger partial charge in [-0.25, -0.2) is 0 Å². The Balaban J connectivity index is 1.46. The molecule has 0 unspecified atom stereocenters. The number of carbonyl (C=O) groups excluding carboxylic acids is 1. The van der Waals surface area contributed by atoms with Crippen LogP contribution in [0.1, 0.15) is 25.2 Å². The van der Waals surface area contributed by atoms with Crippen molar-refractivity contribution in [2.75, 3.05) is 26.7 Å². The van der Waals surface area contributed by atoms with Gasteiger partial charge in [-0.3, -0.25) is 4.79 Å². The Hall–Kier alpha value is -1.73. The highest BCUT2D eigenvalue weighted by molar-refractivity contribution is 7.08. The molecular weight excluding hydrogens is 312 g/mol. The largest absolute Gasteiger partial charge is 0.343 e. The Morgan fingerprint density at radius 2 is 2.30 bits per heavy atom. The Labute approximate surface area is 139 Å². The first-order valence-electron chi connectivity index (χ1n) is 8.04. The van der Waals surface area contributed by atoms with Gasteiger partial charge in [0.05, 0.1) is 0 Å². The van der Waals surface area contributed by atoms with Crippen molar-refractivity contribution in [3.8, 4) is 11.4 Å². The number of amides is 1. The molecule has 0 aliphatic carbocycles. The van der Waals surface area contributed by atoms with Crippen molar-refractivity contribution < 1.29 is 9.32 Å². The summed E-state index contributed by atoms with van der Waals surface area (Å²) in [6.45, 7) is 2.75. The van der Waals surface area contributed by atoms with Gasteiger partial charge in [-0.1, -0.05) is 5.16 Å². The smallest absolute Gasteiger partial charge is 0.227 e. The summed E-state index contributed by atoms with van der Waals surface area (Å²) in [5, 5.41) is 11.1. The third-order valence-corrected chi connectivity index (χ3v) is 4.94. The molecule has 0 atom stereocenters. The number of likely N-dealkylation sites (tertiary alicyclic amines) is 1. The maximum absolute atomic E-state index is 12.3. The quantitative estimate of drug-likeness (QED) is 0.877. The molecule has 3 heterocycles. The SMILES string of the molecule is CNCC1CCN(C(=O)CCc2nc(-c3ccsc3)no2)CC1. The molecule has 3 rings (SSSR count). The Morgan fingerprint density at radius 3 is 3.00 bits per heavy atom. The molecule has 0 radical (unpaired) electrons. The van der Waals surface area contributed by atoms with E-state index in [1.165, 1.54) is 0 Å². The lowest BCUT2D eigenvalue weighted by Crippen LogP contribution is -2.40. The Kier molecular flexibility index (Phi) is 5.40. The number of nitrogens with zero attached hydrogens (tertiary/aromatic N) is 3. The maximum Gasteiger partial charge on any atom is 0.227 e. The zero-order valence-electron chi connectivity index (χ0n) is 13.3. The highest BCUT2D eigenvalue weighted by atomic mass is 32.1. The fourth-order valence-electron chi connectivity index (χ4n) is 2.91. The molecule has 1 amide bonds. The third kappa shape index (κ3) is 4.17. The molecule has 7 heteroatoms. The summed E-state index contributed by atoms with van der Waals surface area (Å²) in [4.78, 5) is 18.6. The van der Waals surface area contributed by atoms with Crippen LogP contribution in [-0.2, 0) is 11.2 Å². The molecule has 0 spiro atoms. The van der Waals surface area contributed by atoms with E-state index in [-0.39, 0.29) is 5.91 Å². The normalized spacial score (nSPS) is 16.0. The van der Waals surface area contributed by atoms with Crippen molar-refractivity contribution in [2.45, 2.75) is 25.7 Å². The van der Waals surface area contributed by atoms with Gasteiger partial charge in [0.15, 0.2) is 0 Å². The molecule has 0 bridgehead atoms. The molecule has 1 aliphatic rings. The first-order valence-corrected chi connectivity index (χ1v) is 8.98. The zero-order chi connectivity index (χ0) is 16.1. The minimum atomic E-state index is 0.184. The van der Waals surface area contributed by atoms with Crippen LogP contribution in [0.4, 0.5) is 0 Å². The molecule has 124 valence electrons. The van der Waals surface area contributed by atoms with Gasteiger partial charge in [0.25, 0.3) is 0 Å². The predicted molar refractivity (Wildman–Crippen MR) is 89.2 cm³/mol. The number of hydrogen-bond acceptors (Lipinski definition) is 6. The van der Waals surface area contributed by atoms with E-state index >= 15 is 0 Å². The van der Waals surface area contributed by atoms with E-state index in [0.717, 1.165) is 38.0 Å². The summed E-state index contributed by atoms with van der Waals surface area (Å²) >= 11 is 1.60. The summed E-state index contributed by atoms with van der Waals surface area (Å²) in [6, 6.07) is 1.96. The molecule has 2 aromatic heterocycles. The predicted octanol–water partition coefficient (Wildman–Crippen LogP) is 2.19. The van der Waals surface area contributed by atoms with Crippen LogP contribution in [0.5, 0.6) is 0 Å². The second-order valence-corrected chi connectivity index (χ2v) is 6.69. The van der Waals surface area contributed by atoms with Crippen LogP contribution in [0.3, 0.4) is 0 Å². The van der Waals surface area contributed by atoms with E-state index in [1.807, 2.05) is 28.8 Å². The minimum absolute atomic E-state index is 0.184. The van der Waals surface area contributed by atoms with Crippen LogP contribution in [0, 0.1) is 5.92 Å². The van der Waals surface area contributed by atoms with E-state index in [9.17, 15) is 4.79 Å². The minimum Gasteiger partial charge on any atom is -0.343 e. The van der Waals surface area contributed by atoms with E-state index in [2.05, 4.69) is 15.5 Å². The monoisotopic (exact) mass is 334 g/mol. The van der Waals surface area contributed by atoms with Gasteiger partial charge in [0.1, 0.15) is 0 Å². The van der Waals surface area contributed by atoms with Gasteiger partial charge in [0.2, 0.25) is 17.6 Å². The number of piperidine rings is 1. The van der Waals surface area contributed by atoms with Gasteiger partial charge in [-0.15, -0.1) is 0 Å². The lowest BCUT2D eigenvalue weighted by Gasteiger charge is -2.31. The van der Waals surface area contributed by atoms with Crippen LogP contribution in [0.2, 0.25) is 0 Å². The number of thiophene rings is 1. The third-order valence-electron chi connectivity index (χ3n) is 4.26. The average Bonchev–Trinajstić information content (AvgIpc) is 3.25. The Morgan fingerprint density at radius 1 is 1.48 bits per heavy atom. The molecule has 6 nitrogen and oxygen atoms in total. The summed E-state index contributed by atoms with van der Waals surface area (Å²) < 4.78 is 5.24. The van der Waals surface area contributed by atoms with Crippen molar-refractivity contribution in [2.24, 2.45) is 5.92 Å². The van der Waals surface area contributed by atoms with Gasteiger partial charge < -0.3 is 14.7 Å². The van der Waals surface area contributed by atoms with Crippen molar-refractivity contribution in [3.05, 3.63) is 22.7 Å². The van der Waals surface area contributed by atoms with Crippen LogP contribution < -0.4 is 5.32 Å². The first-order chi connectivity index (χ1) is 11.3. The van der Waals surface area contributed by atoms with E-state index in [4.69, 9.17) is 4.52 Å². The molecule has 1 aliphatic heterocycles. The molecule has 23 heavy (non-hydrogen) atoms. The number of carbonyl (C=O) groups is 1. The molecule has 1 fully saturated rings. The van der Waals surface area contributed by atoms with Gasteiger partial charge in [0, 0.05) is 36.9 Å². The number of aryl methyl sites for hydroxylation is 1. The van der Waals surface area contributed by atoms with Crippen molar-refractivity contribution in [1.82, 2.24) is 20.4 Å². The topological polar surface area (TPSA) is 71.3 Å². The number of aromatic nitrogens is 2. The highest BCUT2D eigenvalue weighted by Crippen LogP contribution is 2.20. The van der Waals surface area contributed by atoms with E-state index < -0.39 is 0 Å². The van der Waals surface area contributed by atoms with Gasteiger partial charge >= 0.3 is 0 Å². The van der Waals surface area contributed by atoms with Crippen LogP contribution >= 0.6 is 11.3 Å². The van der Waals surface area contributed by atoms with E-state index in [1.54, 1.807) is 11.3 Å². The maximum atomic E-state index is 12.3. The van der Waals surface area contributed by atoms with Crippen molar-refractivity contribution in [1.29, 1.82) is 0 Å². The molecule has 1 N–H and O–H groups in total. The fraction of sp³-hybridized carbons (Fsp3) is 0.562. The van der Waals surface area contributed by atoms with Crippen molar-refractivity contribution in [3.63, 3.8) is 0 Å². The number of nitrogens with one attached hydrogen (secondary N) is 1. The fourth-order valence-corrected chi connectivity index (χ4v) is 3.55. The second kappa shape index (κ2) is 7.70. The number of rotatable bonds is 6. The summed E-state index contributed by atoms with van der Waals surface area (Å²) in [5.41, 5.74) is 0.961. The Bertz CT molecular complexity index is 618. The van der Waals surface area contributed by atoms with Crippen LogP contribution in [0.15, 0.2) is 21.3 Å². The first kappa shape index (κ1) is 16.1.